The summed E-state index contributed by atoms with van der Waals surface area (Å²) >= 11 is 12.2. The minimum atomic E-state index is -0.869. The smallest absolute Gasteiger partial charge is 0.303 e. The van der Waals surface area contributed by atoms with Gasteiger partial charge in [-0.05, 0) is 24.6 Å². The molecule has 1 aromatic heterocycles. The van der Waals surface area contributed by atoms with E-state index in [0.29, 0.717) is 27.8 Å². The first-order valence-electron chi connectivity index (χ1n) is 5.56. The number of aryl methyl sites for hydroxylation is 2. The Morgan fingerprint density at radius 1 is 1.37 bits per heavy atom. The van der Waals surface area contributed by atoms with Gasteiger partial charge in [-0.15, -0.1) is 5.10 Å². The lowest BCUT2D eigenvalue weighted by Gasteiger charge is -2.06. The van der Waals surface area contributed by atoms with Gasteiger partial charge in [-0.25, -0.2) is 4.68 Å². The van der Waals surface area contributed by atoms with Crippen LogP contribution in [0.5, 0.6) is 0 Å². The molecule has 1 N–H and O–H groups in total. The largest absolute Gasteiger partial charge is 0.481 e. The molecule has 0 aliphatic heterocycles. The Morgan fingerprint density at radius 2 is 2.11 bits per heavy atom. The average molecular weight is 300 g/mol. The van der Waals surface area contributed by atoms with Gasteiger partial charge in [0.25, 0.3) is 0 Å². The molecule has 2 aromatic rings. The predicted molar refractivity (Wildman–Crippen MR) is 72.1 cm³/mol. The van der Waals surface area contributed by atoms with Crippen LogP contribution in [0.3, 0.4) is 0 Å². The Balaban J connectivity index is 2.27. The van der Waals surface area contributed by atoms with Gasteiger partial charge in [0.1, 0.15) is 0 Å². The van der Waals surface area contributed by atoms with Crippen LogP contribution in [0.15, 0.2) is 18.3 Å². The van der Waals surface area contributed by atoms with Crippen molar-refractivity contribution >= 4 is 29.2 Å². The van der Waals surface area contributed by atoms with E-state index in [1.165, 1.54) is 4.68 Å². The van der Waals surface area contributed by atoms with Crippen molar-refractivity contribution in [2.24, 2.45) is 0 Å². The topological polar surface area (TPSA) is 68.0 Å². The molecule has 0 aliphatic carbocycles. The van der Waals surface area contributed by atoms with Gasteiger partial charge in [0, 0.05) is 11.4 Å². The van der Waals surface area contributed by atoms with E-state index in [-0.39, 0.29) is 6.42 Å². The van der Waals surface area contributed by atoms with Crippen LogP contribution < -0.4 is 0 Å². The van der Waals surface area contributed by atoms with Crippen molar-refractivity contribution < 1.29 is 9.90 Å². The van der Waals surface area contributed by atoms with Crippen molar-refractivity contribution in [2.45, 2.75) is 19.8 Å². The highest BCUT2D eigenvalue weighted by Crippen LogP contribution is 2.27. The lowest BCUT2D eigenvalue weighted by Crippen LogP contribution is -1.97. The summed E-state index contributed by atoms with van der Waals surface area (Å²) in [7, 11) is 0. The monoisotopic (exact) mass is 299 g/mol. The van der Waals surface area contributed by atoms with Crippen molar-refractivity contribution in [3.05, 3.63) is 39.6 Å². The molecule has 2 rings (SSSR count). The van der Waals surface area contributed by atoms with Gasteiger partial charge in [-0.2, -0.15) is 0 Å². The molecule has 1 aromatic carbocycles. The van der Waals surface area contributed by atoms with Crippen molar-refractivity contribution in [2.75, 3.05) is 0 Å². The second-order valence-electron chi connectivity index (χ2n) is 4.10. The maximum absolute atomic E-state index is 10.5. The van der Waals surface area contributed by atoms with Gasteiger partial charge >= 0.3 is 5.97 Å². The minimum Gasteiger partial charge on any atom is -0.481 e. The van der Waals surface area contributed by atoms with Crippen LogP contribution in [-0.2, 0) is 11.2 Å². The first-order valence-corrected chi connectivity index (χ1v) is 6.32. The van der Waals surface area contributed by atoms with E-state index in [9.17, 15) is 4.79 Å². The Kier molecular flexibility index (Phi) is 4.07. The minimum absolute atomic E-state index is 0.0150. The highest BCUT2D eigenvalue weighted by molar-refractivity contribution is 6.35. The molecular weight excluding hydrogens is 289 g/mol. The molecule has 0 unspecified atom stereocenters. The standard InChI is InChI=1S/C12H11Cl2N3O2/c1-7-4-10(14)11(5-9(7)13)17-6-8(15-16-17)2-3-12(18)19/h4-6H,2-3H2,1H3,(H,18,19). The molecule has 0 amide bonds. The summed E-state index contributed by atoms with van der Waals surface area (Å²) in [6.07, 6.45) is 1.99. The van der Waals surface area contributed by atoms with E-state index >= 15 is 0 Å². The Bertz CT molecular complexity index is 625. The second-order valence-corrected chi connectivity index (χ2v) is 4.92. The Hall–Kier alpha value is -1.59. The molecule has 1 heterocycles. The van der Waals surface area contributed by atoms with Crippen LogP contribution in [0, 0.1) is 6.92 Å². The van der Waals surface area contributed by atoms with Gasteiger partial charge < -0.3 is 5.11 Å². The fraction of sp³-hybridized carbons (Fsp3) is 0.250. The molecule has 0 spiro atoms. The molecular formula is C12H11Cl2N3O2. The summed E-state index contributed by atoms with van der Waals surface area (Å²) in [5.74, 6) is -0.869. The molecule has 100 valence electrons. The second kappa shape index (κ2) is 5.59. The summed E-state index contributed by atoms with van der Waals surface area (Å²) in [4.78, 5) is 10.5. The highest BCUT2D eigenvalue weighted by atomic mass is 35.5. The van der Waals surface area contributed by atoms with E-state index in [1.54, 1.807) is 18.3 Å². The average Bonchev–Trinajstić information content (AvgIpc) is 2.80. The molecule has 0 atom stereocenters. The first-order chi connectivity index (χ1) is 8.97. The summed E-state index contributed by atoms with van der Waals surface area (Å²) in [6.45, 7) is 1.86. The van der Waals surface area contributed by atoms with Crippen LogP contribution in [0.25, 0.3) is 5.69 Å². The molecule has 0 fully saturated rings. The zero-order valence-corrected chi connectivity index (χ0v) is 11.6. The number of rotatable bonds is 4. The molecule has 5 nitrogen and oxygen atoms in total. The molecule has 0 aliphatic rings. The normalized spacial score (nSPS) is 10.7. The van der Waals surface area contributed by atoms with Crippen LogP contribution in [0.2, 0.25) is 10.0 Å². The number of halogens is 2. The van der Waals surface area contributed by atoms with E-state index in [4.69, 9.17) is 28.3 Å². The number of carboxylic acid groups (broad SMARTS) is 1. The molecule has 0 saturated carbocycles. The van der Waals surface area contributed by atoms with Crippen molar-refractivity contribution in [3.8, 4) is 5.69 Å². The van der Waals surface area contributed by atoms with E-state index in [0.717, 1.165) is 5.56 Å². The number of benzene rings is 1. The number of nitrogens with zero attached hydrogens (tertiary/aromatic N) is 3. The fourth-order valence-corrected chi connectivity index (χ4v) is 2.04. The quantitative estimate of drug-likeness (QED) is 0.942. The molecule has 0 radical (unpaired) electrons. The maximum Gasteiger partial charge on any atom is 0.303 e. The first kappa shape index (κ1) is 13.8. The van der Waals surface area contributed by atoms with E-state index in [2.05, 4.69) is 10.3 Å². The zero-order chi connectivity index (χ0) is 14.0. The van der Waals surface area contributed by atoms with Crippen LogP contribution in [0.1, 0.15) is 17.7 Å². The number of carbonyl (C=O) groups is 1. The number of hydrogen-bond donors (Lipinski definition) is 1. The summed E-state index contributed by atoms with van der Waals surface area (Å²) in [5, 5.41) is 17.5. The Labute approximate surface area is 119 Å². The van der Waals surface area contributed by atoms with Gasteiger partial charge in [-0.1, -0.05) is 28.4 Å². The molecule has 0 bridgehead atoms. The van der Waals surface area contributed by atoms with Crippen LogP contribution in [0.4, 0.5) is 0 Å². The van der Waals surface area contributed by atoms with Gasteiger partial charge in [0.2, 0.25) is 0 Å². The molecule has 7 heteroatoms. The lowest BCUT2D eigenvalue weighted by atomic mass is 10.2. The summed E-state index contributed by atoms with van der Waals surface area (Å²) in [5.41, 5.74) is 2.09. The van der Waals surface area contributed by atoms with Gasteiger partial charge in [-0.3, -0.25) is 4.79 Å². The third-order valence-corrected chi connectivity index (χ3v) is 3.32. The SMILES string of the molecule is Cc1cc(Cl)c(-n2cc(CCC(=O)O)nn2)cc1Cl. The third kappa shape index (κ3) is 3.24. The summed E-state index contributed by atoms with van der Waals surface area (Å²) in [6, 6.07) is 3.45. The summed E-state index contributed by atoms with van der Waals surface area (Å²) < 4.78 is 1.49. The predicted octanol–water partition coefficient (Wildman–Crippen LogP) is 2.90. The maximum atomic E-state index is 10.5. The van der Waals surface area contributed by atoms with Crippen molar-refractivity contribution in [3.63, 3.8) is 0 Å². The molecule has 19 heavy (non-hydrogen) atoms. The van der Waals surface area contributed by atoms with Crippen LogP contribution in [-0.4, -0.2) is 26.1 Å². The van der Waals surface area contributed by atoms with Gasteiger partial charge in [0.15, 0.2) is 0 Å². The molecule has 0 saturated heterocycles. The highest BCUT2D eigenvalue weighted by Gasteiger charge is 2.10. The third-order valence-electron chi connectivity index (χ3n) is 2.61. The van der Waals surface area contributed by atoms with Crippen LogP contribution >= 0.6 is 23.2 Å². The van der Waals surface area contributed by atoms with E-state index < -0.39 is 5.97 Å². The van der Waals surface area contributed by atoms with Crippen molar-refractivity contribution in [1.29, 1.82) is 0 Å². The van der Waals surface area contributed by atoms with E-state index in [1.807, 2.05) is 6.92 Å². The Morgan fingerprint density at radius 3 is 2.79 bits per heavy atom. The number of aromatic nitrogens is 3. The van der Waals surface area contributed by atoms with Gasteiger partial charge in [0.05, 0.1) is 29.0 Å². The number of aliphatic carboxylic acids is 1. The number of hydrogen-bond acceptors (Lipinski definition) is 3. The fourth-order valence-electron chi connectivity index (χ4n) is 1.58. The lowest BCUT2D eigenvalue weighted by molar-refractivity contribution is -0.136. The van der Waals surface area contributed by atoms with Crippen molar-refractivity contribution in [1.82, 2.24) is 15.0 Å². The number of carboxylic acids is 1. The zero-order valence-electron chi connectivity index (χ0n) is 10.1.